The summed E-state index contributed by atoms with van der Waals surface area (Å²) >= 11 is 4.86. The standard InChI is InChI=1S/C9H19N3S/c1-12(2)8-6-4-3-5-7(8)11-9(10)13/h7-8H,3-6H2,1-2H3,(H3,10,11,13). The smallest absolute Gasteiger partial charge is 0.163 e. The average molecular weight is 201 g/mol. The van der Waals surface area contributed by atoms with Gasteiger partial charge in [-0.05, 0) is 39.2 Å². The van der Waals surface area contributed by atoms with Crippen LogP contribution in [0.15, 0.2) is 0 Å². The third-order valence-corrected chi connectivity index (χ3v) is 2.84. The Bertz CT molecular complexity index is 182. The van der Waals surface area contributed by atoms with E-state index in [9.17, 15) is 0 Å². The first-order valence-electron chi connectivity index (χ1n) is 4.83. The van der Waals surface area contributed by atoms with Crippen molar-refractivity contribution in [2.75, 3.05) is 14.1 Å². The Kier molecular flexibility index (Phi) is 3.93. The number of nitrogens with one attached hydrogen (secondary N) is 1. The summed E-state index contributed by atoms with van der Waals surface area (Å²) in [5, 5.41) is 3.61. The average Bonchev–Trinajstić information content (AvgIpc) is 2.03. The van der Waals surface area contributed by atoms with Crippen LogP contribution >= 0.6 is 12.2 Å². The molecule has 76 valence electrons. The predicted molar refractivity (Wildman–Crippen MR) is 59.7 cm³/mol. The maximum absolute atomic E-state index is 5.49. The minimum atomic E-state index is 0.429. The van der Waals surface area contributed by atoms with Gasteiger partial charge >= 0.3 is 0 Å². The molecule has 0 aromatic rings. The van der Waals surface area contributed by atoms with E-state index in [-0.39, 0.29) is 0 Å². The van der Waals surface area contributed by atoms with Crippen molar-refractivity contribution in [1.29, 1.82) is 0 Å². The molecule has 0 aromatic carbocycles. The van der Waals surface area contributed by atoms with Gasteiger partial charge in [0.25, 0.3) is 0 Å². The van der Waals surface area contributed by atoms with Crippen LogP contribution in [-0.2, 0) is 0 Å². The van der Waals surface area contributed by atoms with Crippen molar-refractivity contribution in [2.45, 2.75) is 37.8 Å². The summed E-state index contributed by atoms with van der Waals surface area (Å²) in [7, 11) is 4.23. The van der Waals surface area contributed by atoms with Gasteiger partial charge in [0.2, 0.25) is 0 Å². The van der Waals surface area contributed by atoms with Crippen LogP contribution in [0.2, 0.25) is 0 Å². The molecular weight excluding hydrogens is 182 g/mol. The molecular formula is C9H19N3S. The van der Waals surface area contributed by atoms with Crippen LogP contribution < -0.4 is 11.1 Å². The molecule has 0 aliphatic heterocycles. The molecule has 2 unspecified atom stereocenters. The van der Waals surface area contributed by atoms with Crippen LogP contribution in [0.1, 0.15) is 25.7 Å². The fraction of sp³-hybridized carbons (Fsp3) is 0.889. The van der Waals surface area contributed by atoms with E-state index >= 15 is 0 Å². The fourth-order valence-electron chi connectivity index (χ4n) is 2.08. The molecule has 1 fully saturated rings. The molecule has 1 aliphatic carbocycles. The van der Waals surface area contributed by atoms with Crippen molar-refractivity contribution >= 4 is 17.3 Å². The maximum atomic E-state index is 5.49. The Morgan fingerprint density at radius 2 is 2.00 bits per heavy atom. The van der Waals surface area contributed by atoms with Gasteiger partial charge in [0.05, 0.1) is 0 Å². The normalized spacial score (nSPS) is 28.8. The van der Waals surface area contributed by atoms with Crippen molar-refractivity contribution in [3.63, 3.8) is 0 Å². The van der Waals surface area contributed by atoms with Crippen molar-refractivity contribution in [1.82, 2.24) is 10.2 Å². The van der Waals surface area contributed by atoms with Gasteiger partial charge in [-0.3, -0.25) is 0 Å². The van der Waals surface area contributed by atoms with Gasteiger partial charge in [0.1, 0.15) is 0 Å². The van der Waals surface area contributed by atoms with E-state index < -0.39 is 0 Å². The molecule has 2 atom stereocenters. The first-order chi connectivity index (χ1) is 6.11. The molecule has 0 bridgehead atoms. The molecule has 0 radical (unpaired) electrons. The molecule has 3 N–H and O–H groups in total. The number of likely N-dealkylation sites (N-methyl/N-ethyl adjacent to an activating group) is 1. The van der Waals surface area contributed by atoms with Gasteiger partial charge in [0, 0.05) is 12.1 Å². The first kappa shape index (κ1) is 10.7. The number of nitrogens with two attached hydrogens (primary N) is 1. The van der Waals surface area contributed by atoms with Crippen LogP contribution in [0.4, 0.5) is 0 Å². The zero-order valence-corrected chi connectivity index (χ0v) is 9.23. The molecule has 1 rings (SSSR count). The van der Waals surface area contributed by atoms with Crippen LogP contribution in [-0.4, -0.2) is 36.2 Å². The molecule has 0 aromatic heterocycles. The molecule has 13 heavy (non-hydrogen) atoms. The van der Waals surface area contributed by atoms with E-state index in [1.165, 1.54) is 25.7 Å². The van der Waals surface area contributed by atoms with Crippen molar-refractivity contribution in [3.8, 4) is 0 Å². The molecule has 0 spiro atoms. The Balaban J connectivity index is 2.51. The lowest BCUT2D eigenvalue weighted by molar-refractivity contribution is 0.190. The number of thiocarbonyl (C=S) groups is 1. The Morgan fingerprint density at radius 3 is 2.54 bits per heavy atom. The van der Waals surface area contributed by atoms with Crippen molar-refractivity contribution in [2.24, 2.45) is 5.73 Å². The summed E-state index contributed by atoms with van der Waals surface area (Å²) in [6, 6.07) is 1.02. The SMILES string of the molecule is CN(C)C1CCCCC1NC(N)=S. The van der Waals surface area contributed by atoms with Crippen LogP contribution in [0, 0.1) is 0 Å². The van der Waals surface area contributed by atoms with Gasteiger partial charge in [-0.15, -0.1) is 0 Å². The minimum absolute atomic E-state index is 0.429. The zero-order valence-electron chi connectivity index (χ0n) is 8.42. The second-order valence-corrected chi connectivity index (χ2v) is 4.37. The number of nitrogens with zero attached hydrogens (tertiary/aromatic N) is 1. The Hall–Kier alpha value is -0.350. The van der Waals surface area contributed by atoms with E-state index in [0.29, 0.717) is 17.2 Å². The molecule has 3 nitrogen and oxygen atoms in total. The van der Waals surface area contributed by atoms with E-state index in [4.69, 9.17) is 18.0 Å². The molecule has 0 saturated heterocycles. The topological polar surface area (TPSA) is 41.3 Å². The van der Waals surface area contributed by atoms with Crippen molar-refractivity contribution < 1.29 is 0 Å². The fourth-order valence-corrected chi connectivity index (χ4v) is 2.23. The molecule has 1 saturated carbocycles. The summed E-state index contributed by atoms with van der Waals surface area (Å²) < 4.78 is 0. The largest absolute Gasteiger partial charge is 0.376 e. The molecule has 4 heteroatoms. The van der Waals surface area contributed by atoms with Gasteiger partial charge in [-0.25, -0.2) is 0 Å². The summed E-state index contributed by atoms with van der Waals surface area (Å²) in [6.07, 6.45) is 5.02. The number of hydrogen-bond donors (Lipinski definition) is 2. The molecule has 1 aliphatic rings. The molecule has 0 heterocycles. The number of hydrogen-bond acceptors (Lipinski definition) is 2. The quantitative estimate of drug-likeness (QED) is 0.645. The lowest BCUT2D eigenvalue weighted by Gasteiger charge is -2.36. The van der Waals surface area contributed by atoms with E-state index in [2.05, 4.69) is 24.3 Å². The summed E-state index contributed by atoms with van der Waals surface area (Å²) in [4.78, 5) is 2.26. The zero-order chi connectivity index (χ0) is 9.84. The van der Waals surface area contributed by atoms with Crippen molar-refractivity contribution in [3.05, 3.63) is 0 Å². The predicted octanol–water partition coefficient (Wildman–Crippen LogP) is 0.692. The number of rotatable bonds is 2. The monoisotopic (exact) mass is 201 g/mol. The van der Waals surface area contributed by atoms with Gasteiger partial charge < -0.3 is 16.0 Å². The highest BCUT2D eigenvalue weighted by Gasteiger charge is 2.26. The van der Waals surface area contributed by atoms with Crippen LogP contribution in [0.3, 0.4) is 0 Å². The van der Waals surface area contributed by atoms with E-state index in [0.717, 1.165) is 0 Å². The summed E-state index contributed by atoms with van der Waals surface area (Å²) in [6.45, 7) is 0. The third kappa shape index (κ3) is 3.12. The lowest BCUT2D eigenvalue weighted by atomic mass is 9.90. The van der Waals surface area contributed by atoms with Gasteiger partial charge in [-0.2, -0.15) is 0 Å². The Labute approximate surface area is 85.7 Å². The highest BCUT2D eigenvalue weighted by molar-refractivity contribution is 7.80. The van der Waals surface area contributed by atoms with E-state index in [1.54, 1.807) is 0 Å². The maximum Gasteiger partial charge on any atom is 0.163 e. The van der Waals surface area contributed by atoms with Crippen LogP contribution in [0.25, 0.3) is 0 Å². The Morgan fingerprint density at radius 1 is 1.38 bits per heavy atom. The highest BCUT2D eigenvalue weighted by Crippen LogP contribution is 2.21. The van der Waals surface area contributed by atoms with Gasteiger partial charge in [-0.1, -0.05) is 12.8 Å². The lowest BCUT2D eigenvalue weighted by Crippen LogP contribution is -2.52. The highest BCUT2D eigenvalue weighted by atomic mass is 32.1. The second kappa shape index (κ2) is 4.77. The summed E-state index contributed by atoms with van der Waals surface area (Å²) in [5.41, 5.74) is 5.49. The van der Waals surface area contributed by atoms with E-state index in [1.807, 2.05) is 0 Å². The minimum Gasteiger partial charge on any atom is -0.376 e. The van der Waals surface area contributed by atoms with Gasteiger partial charge in [0.15, 0.2) is 5.11 Å². The molecule has 0 amide bonds. The first-order valence-corrected chi connectivity index (χ1v) is 5.24. The van der Waals surface area contributed by atoms with Crippen LogP contribution in [0.5, 0.6) is 0 Å². The third-order valence-electron chi connectivity index (χ3n) is 2.72. The summed E-state index contributed by atoms with van der Waals surface area (Å²) in [5.74, 6) is 0. The second-order valence-electron chi connectivity index (χ2n) is 3.93.